The number of nitrogens with zero attached hydrogens (tertiary/aromatic N) is 1. The Morgan fingerprint density at radius 1 is 1.29 bits per heavy atom. The van der Waals surface area contributed by atoms with E-state index >= 15 is 0 Å². The van der Waals surface area contributed by atoms with E-state index in [0.29, 0.717) is 0 Å². The quantitative estimate of drug-likeness (QED) is 0.475. The number of nitro groups is 1. The van der Waals surface area contributed by atoms with Gasteiger partial charge in [-0.05, 0) is 0 Å². The van der Waals surface area contributed by atoms with Gasteiger partial charge in [0.15, 0.2) is 0 Å². The molecule has 0 unspecified atom stereocenters. The monoisotopic (exact) mass is 195 g/mol. The summed E-state index contributed by atoms with van der Waals surface area (Å²) in [5, 5.41) is 10.4. The van der Waals surface area contributed by atoms with Crippen LogP contribution >= 0.6 is 0 Å². The minimum absolute atomic E-state index is 0.0890. The second-order valence-electron chi connectivity index (χ2n) is 3.36. The molecule has 0 bridgehead atoms. The van der Waals surface area contributed by atoms with Gasteiger partial charge in [0.2, 0.25) is 0 Å². The van der Waals surface area contributed by atoms with E-state index in [9.17, 15) is 10.1 Å². The van der Waals surface area contributed by atoms with Gasteiger partial charge in [0.25, 0.3) is 5.70 Å². The van der Waals surface area contributed by atoms with Crippen molar-refractivity contribution in [2.24, 2.45) is 5.41 Å². The highest BCUT2D eigenvalue weighted by atomic mass is 16.6. The smallest absolute Gasteiger partial charge is 0.258 e. The molecule has 3 nitrogen and oxygen atoms in total. The highest BCUT2D eigenvalue weighted by Gasteiger charge is 2.14. The molecule has 0 N–H and O–H groups in total. The third-order valence-electron chi connectivity index (χ3n) is 1.69. The standard InChI is InChI=1S/C9H11NO2.C2H6/c1-9(2)6-3-4-8(5-7-9)10(11)12;1-2/h3-7H,1-2H3;1-2H3. The molecular formula is C11H17NO2. The normalized spacial score (nSPS) is 17.6. The van der Waals surface area contributed by atoms with Crippen LogP contribution < -0.4 is 0 Å². The first-order chi connectivity index (χ1) is 6.51. The van der Waals surface area contributed by atoms with Crippen molar-refractivity contribution >= 4 is 0 Å². The van der Waals surface area contributed by atoms with Crippen LogP contribution in [0, 0.1) is 15.5 Å². The van der Waals surface area contributed by atoms with Gasteiger partial charge >= 0.3 is 0 Å². The van der Waals surface area contributed by atoms with Crippen molar-refractivity contribution in [3.05, 3.63) is 46.2 Å². The summed E-state index contributed by atoms with van der Waals surface area (Å²) in [5.74, 6) is 0. The zero-order valence-electron chi connectivity index (χ0n) is 9.15. The lowest BCUT2D eigenvalue weighted by molar-refractivity contribution is -0.419. The first-order valence-electron chi connectivity index (χ1n) is 4.74. The second-order valence-corrected chi connectivity index (χ2v) is 3.36. The molecule has 14 heavy (non-hydrogen) atoms. The summed E-state index contributed by atoms with van der Waals surface area (Å²) >= 11 is 0. The second kappa shape index (κ2) is 5.37. The molecule has 0 saturated carbocycles. The molecule has 1 rings (SSSR count). The van der Waals surface area contributed by atoms with Crippen LogP contribution in [0.2, 0.25) is 0 Å². The maximum Gasteiger partial charge on any atom is 0.269 e. The molecule has 0 saturated heterocycles. The SMILES string of the molecule is CC.CC1(C)C=CC=C([N+](=O)[O-])C=C1. The summed E-state index contributed by atoms with van der Waals surface area (Å²) in [6.07, 6.45) is 8.52. The van der Waals surface area contributed by atoms with Crippen LogP contribution in [0.1, 0.15) is 27.7 Å². The van der Waals surface area contributed by atoms with E-state index in [1.807, 2.05) is 39.8 Å². The Hall–Kier alpha value is -1.38. The predicted molar refractivity (Wildman–Crippen MR) is 58.5 cm³/mol. The van der Waals surface area contributed by atoms with Crippen LogP contribution in [0.4, 0.5) is 0 Å². The highest BCUT2D eigenvalue weighted by molar-refractivity contribution is 5.26. The van der Waals surface area contributed by atoms with Crippen LogP contribution in [0.15, 0.2) is 36.1 Å². The molecule has 0 aromatic carbocycles. The first kappa shape index (κ1) is 12.6. The van der Waals surface area contributed by atoms with E-state index in [0.717, 1.165) is 0 Å². The van der Waals surface area contributed by atoms with Crippen molar-refractivity contribution in [2.75, 3.05) is 0 Å². The maximum atomic E-state index is 10.4. The lowest BCUT2D eigenvalue weighted by atomic mass is 9.93. The molecule has 0 aromatic heterocycles. The van der Waals surface area contributed by atoms with E-state index in [2.05, 4.69) is 0 Å². The van der Waals surface area contributed by atoms with Gasteiger partial charge in [-0.2, -0.15) is 0 Å². The average molecular weight is 195 g/mol. The summed E-state index contributed by atoms with van der Waals surface area (Å²) in [6, 6.07) is 0. The molecule has 0 aliphatic heterocycles. The fourth-order valence-corrected chi connectivity index (χ4v) is 0.928. The molecule has 3 heteroatoms. The fraction of sp³-hybridized carbons (Fsp3) is 0.455. The Labute approximate surface area is 85.0 Å². The Morgan fingerprint density at radius 3 is 2.36 bits per heavy atom. The molecule has 0 radical (unpaired) electrons. The van der Waals surface area contributed by atoms with Crippen molar-refractivity contribution < 1.29 is 4.92 Å². The van der Waals surface area contributed by atoms with Crippen LogP contribution in [0.3, 0.4) is 0 Å². The Kier molecular flexibility index (Phi) is 4.84. The summed E-state index contributed by atoms with van der Waals surface area (Å²) in [5.41, 5.74) is 0.0469. The first-order valence-corrected chi connectivity index (χ1v) is 4.74. The van der Waals surface area contributed by atoms with E-state index in [1.54, 1.807) is 12.2 Å². The van der Waals surface area contributed by atoms with Gasteiger partial charge in [-0.3, -0.25) is 10.1 Å². The molecule has 1 aliphatic rings. The Balaban J connectivity index is 0.000000791. The molecule has 0 amide bonds. The third kappa shape index (κ3) is 4.03. The molecule has 0 spiro atoms. The zero-order chi connectivity index (χ0) is 11.2. The molecule has 0 aromatic rings. The minimum Gasteiger partial charge on any atom is -0.258 e. The van der Waals surface area contributed by atoms with E-state index < -0.39 is 0 Å². The molecule has 0 fully saturated rings. The van der Waals surface area contributed by atoms with Gasteiger partial charge in [0.1, 0.15) is 0 Å². The topological polar surface area (TPSA) is 43.1 Å². The Morgan fingerprint density at radius 2 is 1.86 bits per heavy atom. The third-order valence-corrected chi connectivity index (χ3v) is 1.69. The van der Waals surface area contributed by atoms with Crippen LogP contribution in [0.5, 0.6) is 0 Å². The van der Waals surface area contributed by atoms with Crippen molar-refractivity contribution in [3.63, 3.8) is 0 Å². The molecule has 0 heterocycles. The number of allylic oxidation sites excluding steroid dienone is 5. The summed E-state index contributed by atoms with van der Waals surface area (Å²) in [6.45, 7) is 7.99. The van der Waals surface area contributed by atoms with Crippen molar-refractivity contribution in [1.82, 2.24) is 0 Å². The molecule has 78 valence electrons. The Bertz CT molecular complexity index is 286. The summed E-state index contributed by atoms with van der Waals surface area (Å²) in [4.78, 5) is 9.98. The molecule has 0 atom stereocenters. The van der Waals surface area contributed by atoms with Crippen LogP contribution in [-0.4, -0.2) is 4.92 Å². The largest absolute Gasteiger partial charge is 0.269 e. The van der Waals surface area contributed by atoms with E-state index in [4.69, 9.17) is 0 Å². The van der Waals surface area contributed by atoms with E-state index in [1.165, 1.54) is 6.08 Å². The van der Waals surface area contributed by atoms with E-state index in [-0.39, 0.29) is 16.0 Å². The molecular weight excluding hydrogens is 178 g/mol. The predicted octanol–water partition coefficient (Wildman–Crippen LogP) is 3.33. The number of rotatable bonds is 1. The fourth-order valence-electron chi connectivity index (χ4n) is 0.928. The lowest BCUT2D eigenvalue weighted by Gasteiger charge is -2.11. The number of hydrogen-bond acceptors (Lipinski definition) is 2. The maximum absolute atomic E-state index is 10.4. The highest BCUT2D eigenvalue weighted by Crippen LogP contribution is 2.22. The minimum atomic E-state index is -0.387. The summed E-state index contributed by atoms with van der Waals surface area (Å²) < 4.78 is 0. The lowest BCUT2D eigenvalue weighted by Crippen LogP contribution is -2.01. The van der Waals surface area contributed by atoms with Gasteiger partial charge < -0.3 is 0 Å². The van der Waals surface area contributed by atoms with Crippen molar-refractivity contribution in [1.29, 1.82) is 0 Å². The van der Waals surface area contributed by atoms with Crippen LogP contribution in [-0.2, 0) is 0 Å². The number of hydrogen-bond donors (Lipinski definition) is 0. The van der Waals surface area contributed by atoms with Gasteiger partial charge in [-0.15, -0.1) is 0 Å². The molecule has 1 aliphatic carbocycles. The average Bonchev–Trinajstić information content (AvgIpc) is 2.30. The van der Waals surface area contributed by atoms with Gasteiger partial charge in [0, 0.05) is 17.6 Å². The van der Waals surface area contributed by atoms with Crippen molar-refractivity contribution in [2.45, 2.75) is 27.7 Å². The van der Waals surface area contributed by atoms with Gasteiger partial charge in [0.05, 0.1) is 4.92 Å². The van der Waals surface area contributed by atoms with Gasteiger partial charge in [-0.1, -0.05) is 45.9 Å². The van der Waals surface area contributed by atoms with Gasteiger partial charge in [-0.25, -0.2) is 0 Å². The zero-order valence-corrected chi connectivity index (χ0v) is 9.15. The van der Waals surface area contributed by atoms with Crippen LogP contribution in [0.25, 0.3) is 0 Å². The van der Waals surface area contributed by atoms with Crippen molar-refractivity contribution in [3.8, 4) is 0 Å². The summed E-state index contributed by atoms with van der Waals surface area (Å²) in [7, 11) is 0.